The first-order chi connectivity index (χ1) is 6.79. The molecule has 2 heteroatoms. The van der Waals surface area contributed by atoms with E-state index in [1.165, 1.54) is 58.2 Å². The fourth-order valence-corrected chi connectivity index (χ4v) is 2.79. The third-order valence-corrected chi connectivity index (χ3v) is 3.86. The number of nitrogens with one attached hydrogen (secondary N) is 2. The van der Waals surface area contributed by atoms with Crippen LogP contribution in [0.3, 0.4) is 0 Å². The van der Waals surface area contributed by atoms with Crippen LogP contribution in [0.15, 0.2) is 0 Å². The minimum Gasteiger partial charge on any atom is -0.316 e. The first-order valence-corrected chi connectivity index (χ1v) is 6.23. The van der Waals surface area contributed by atoms with Crippen molar-refractivity contribution in [2.75, 3.05) is 19.6 Å². The smallest absolute Gasteiger partial charge is 0.00673 e. The van der Waals surface area contributed by atoms with Crippen LogP contribution in [-0.2, 0) is 0 Å². The molecule has 0 bridgehead atoms. The highest BCUT2D eigenvalue weighted by Crippen LogP contribution is 2.26. The van der Waals surface area contributed by atoms with E-state index in [1.807, 2.05) is 0 Å². The average molecular weight is 196 g/mol. The van der Waals surface area contributed by atoms with Crippen LogP contribution in [0.25, 0.3) is 0 Å². The molecule has 0 aromatic carbocycles. The summed E-state index contributed by atoms with van der Waals surface area (Å²) in [5, 5.41) is 7.26. The van der Waals surface area contributed by atoms with E-state index in [1.54, 1.807) is 0 Å². The number of piperidine rings is 1. The lowest BCUT2D eigenvalue weighted by atomic mass is 9.82. The van der Waals surface area contributed by atoms with E-state index in [-0.39, 0.29) is 0 Å². The molecule has 14 heavy (non-hydrogen) atoms. The Morgan fingerprint density at radius 3 is 2.71 bits per heavy atom. The number of hydrogen-bond donors (Lipinski definition) is 2. The zero-order valence-electron chi connectivity index (χ0n) is 9.44. The summed E-state index contributed by atoms with van der Waals surface area (Å²) >= 11 is 0. The van der Waals surface area contributed by atoms with Crippen LogP contribution < -0.4 is 10.6 Å². The lowest BCUT2D eigenvalue weighted by Crippen LogP contribution is -2.46. The predicted molar refractivity (Wildman–Crippen MR) is 60.5 cm³/mol. The summed E-state index contributed by atoms with van der Waals surface area (Å²) < 4.78 is 0. The lowest BCUT2D eigenvalue weighted by molar-refractivity contribution is 0.218. The molecular weight excluding hydrogens is 172 g/mol. The van der Waals surface area contributed by atoms with E-state index in [0.717, 1.165) is 6.04 Å². The molecule has 2 rings (SSSR count). The molecule has 0 radical (unpaired) electrons. The molecule has 1 aliphatic carbocycles. The second kappa shape index (κ2) is 4.63. The van der Waals surface area contributed by atoms with Crippen LogP contribution in [0.4, 0.5) is 0 Å². The largest absolute Gasteiger partial charge is 0.316 e. The van der Waals surface area contributed by atoms with Gasteiger partial charge in [0.1, 0.15) is 0 Å². The summed E-state index contributed by atoms with van der Waals surface area (Å²) in [6.45, 7) is 6.05. The molecule has 0 spiro atoms. The van der Waals surface area contributed by atoms with Gasteiger partial charge in [0.25, 0.3) is 0 Å². The van der Waals surface area contributed by atoms with Crippen molar-refractivity contribution in [3.63, 3.8) is 0 Å². The van der Waals surface area contributed by atoms with Crippen molar-refractivity contribution in [2.45, 2.75) is 51.5 Å². The molecule has 1 heterocycles. The molecule has 82 valence electrons. The summed E-state index contributed by atoms with van der Waals surface area (Å²) in [4.78, 5) is 0. The molecule has 1 saturated heterocycles. The minimum atomic E-state index is 0.515. The fraction of sp³-hybridized carbons (Fsp3) is 1.00. The summed E-state index contributed by atoms with van der Waals surface area (Å²) in [5.74, 6) is 0. The van der Waals surface area contributed by atoms with Gasteiger partial charge in [-0.2, -0.15) is 0 Å². The molecule has 1 unspecified atom stereocenters. The first kappa shape index (κ1) is 10.4. The Hall–Kier alpha value is -0.0800. The Labute approximate surface area is 87.8 Å². The molecule has 1 saturated carbocycles. The Morgan fingerprint density at radius 1 is 1.29 bits per heavy atom. The standard InChI is InChI=1S/C12H24N2/c1-12(7-4-8-13-9-12)10-14-11-5-2-3-6-11/h11,13-14H,2-10H2,1H3. The van der Waals surface area contributed by atoms with Gasteiger partial charge in [0.05, 0.1) is 0 Å². The maximum Gasteiger partial charge on any atom is 0.00673 e. The van der Waals surface area contributed by atoms with E-state index in [4.69, 9.17) is 0 Å². The van der Waals surface area contributed by atoms with Gasteiger partial charge in [0, 0.05) is 19.1 Å². The van der Waals surface area contributed by atoms with E-state index in [9.17, 15) is 0 Å². The van der Waals surface area contributed by atoms with Crippen molar-refractivity contribution in [2.24, 2.45) is 5.41 Å². The van der Waals surface area contributed by atoms with Crippen molar-refractivity contribution in [1.29, 1.82) is 0 Å². The second-order valence-electron chi connectivity index (χ2n) is 5.45. The zero-order valence-corrected chi connectivity index (χ0v) is 9.44. The van der Waals surface area contributed by atoms with E-state index in [0.29, 0.717) is 5.41 Å². The van der Waals surface area contributed by atoms with Crippen molar-refractivity contribution >= 4 is 0 Å². The first-order valence-electron chi connectivity index (χ1n) is 6.23. The highest BCUT2D eigenvalue weighted by Gasteiger charge is 2.27. The maximum absolute atomic E-state index is 3.75. The van der Waals surface area contributed by atoms with Crippen molar-refractivity contribution in [1.82, 2.24) is 10.6 Å². The Kier molecular flexibility index (Phi) is 3.45. The maximum atomic E-state index is 3.75. The van der Waals surface area contributed by atoms with Gasteiger partial charge in [-0.15, -0.1) is 0 Å². The Balaban J connectivity index is 1.72. The van der Waals surface area contributed by atoms with Gasteiger partial charge >= 0.3 is 0 Å². The molecule has 2 nitrogen and oxygen atoms in total. The van der Waals surface area contributed by atoms with Crippen molar-refractivity contribution in [3.05, 3.63) is 0 Å². The van der Waals surface area contributed by atoms with E-state index in [2.05, 4.69) is 17.6 Å². The number of rotatable bonds is 3. The molecule has 2 N–H and O–H groups in total. The second-order valence-corrected chi connectivity index (χ2v) is 5.45. The fourth-order valence-electron chi connectivity index (χ4n) is 2.79. The molecule has 0 aromatic rings. The summed E-state index contributed by atoms with van der Waals surface area (Å²) in [6, 6.07) is 0.828. The molecule has 0 amide bonds. The number of hydrogen-bond acceptors (Lipinski definition) is 2. The van der Waals surface area contributed by atoms with Gasteiger partial charge in [-0.25, -0.2) is 0 Å². The molecule has 0 aromatic heterocycles. The summed E-state index contributed by atoms with van der Waals surface area (Å²) in [5.41, 5.74) is 0.515. The highest BCUT2D eigenvalue weighted by molar-refractivity contribution is 4.85. The Bertz CT molecular complexity index is 167. The molecule has 2 aliphatic rings. The average Bonchev–Trinajstić information content (AvgIpc) is 2.69. The molecule has 1 atom stereocenters. The van der Waals surface area contributed by atoms with Crippen LogP contribution >= 0.6 is 0 Å². The predicted octanol–water partition coefficient (Wildman–Crippen LogP) is 1.91. The molecule has 2 fully saturated rings. The third-order valence-electron chi connectivity index (χ3n) is 3.86. The Morgan fingerprint density at radius 2 is 2.07 bits per heavy atom. The normalized spacial score (nSPS) is 34.9. The van der Waals surface area contributed by atoms with Gasteiger partial charge in [0.15, 0.2) is 0 Å². The van der Waals surface area contributed by atoms with Gasteiger partial charge in [-0.3, -0.25) is 0 Å². The van der Waals surface area contributed by atoms with E-state index >= 15 is 0 Å². The van der Waals surface area contributed by atoms with Crippen LogP contribution in [0.5, 0.6) is 0 Å². The van der Waals surface area contributed by atoms with Crippen LogP contribution in [0, 0.1) is 5.41 Å². The van der Waals surface area contributed by atoms with Crippen LogP contribution in [-0.4, -0.2) is 25.7 Å². The van der Waals surface area contributed by atoms with Gasteiger partial charge < -0.3 is 10.6 Å². The SMILES string of the molecule is CC1(CNC2CCCC2)CCCNC1. The lowest BCUT2D eigenvalue weighted by Gasteiger charge is -2.35. The zero-order chi connectivity index (χ0) is 9.86. The summed E-state index contributed by atoms with van der Waals surface area (Å²) in [7, 11) is 0. The summed E-state index contributed by atoms with van der Waals surface area (Å²) in [6.07, 6.45) is 8.43. The third kappa shape index (κ3) is 2.71. The topological polar surface area (TPSA) is 24.1 Å². The molecular formula is C12H24N2. The van der Waals surface area contributed by atoms with Gasteiger partial charge in [-0.1, -0.05) is 19.8 Å². The molecule has 1 aliphatic heterocycles. The van der Waals surface area contributed by atoms with Crippen LogP contribution in [0.1, 0.15) is 45.4 Å². The van der Waals surface area contributed by atoms with Crippen molar-refractivity contribution < 1.29 is 0 Å². The van der Waals surface area contributed by atoms with Crippen molar-refractivity contribution in [3.8, 4) is 0 Å². The monoisotopic (exact) mass is 196 g/mol. The van der Waals surface area contributed by atoms with E-state index < -0.39 is 0 Å². The minimum absolute atomic E-state index is 0.515. The van der Waals surface area contributed by atoms with Crippen LogP contribution in [0.2, 0.25) is 0 Å². The van der Waals surface area contributed by atoms with Gasteiger partial charge in [0.2, 0.25) is 0 Å². The quantitative estimate of drug-likeness (QED) is 0.720. The van der Waals surface area contributed by atoms with Gasteiger partial charge in [-0.05, 0) is 37.6 Å². The highest BCUT2D eigenvalue weighted by atomic mass is 15.0.